The summed E-state index contributed by atoms with van der Waals surface area (Å²) in [6.45, 7) is 6.81. The monoisotopic (exact) mass is 397 g/mol. The first kappa shape index (κ1) is 20.1. The maximum Gasteiger partial charge on any atom is 0.307 e. The zero-order valence-electron chi connectivity index (χ0n) is 17.5. The third-order valence-electron chi connectivity index (χ3n) is 7.05. The van der Waals surface area contributed by atoms with Crippen LogP contribution in [-0.4, -0.2) is 40.1 Å². The molecule has 1 saturated heterocycles. The first-order chi connectivity index (χ1) is 13.8. The van der Waals surface area contributed by atoms with Gasteiger partial charge in [-0.3, -0.25) is 9.59 Å². The third kappa shape index (κ3) is 3.73. The quantitative estimate of drug-likeness (QED) is 0.761. The summed E-state index contributed by atoms with van der Waals surface area (Å²) in [5.74, 6) is -1.93. The average molecular weight is 398 g/mol. The largest absolute Gasteiger partial charge is 0.481 e. The summed E-state index contributed by atoms with van der Waals surface area (Å²) in [7, 11) is 0. The van der Waals surface area contributed by atoms with Crippen LogP contribution in [0.1, 0.15) is 51.6 Å². The van der Waals surface area contributed by atoms with Crippen LogP contribution in [0.3, 0.4) is 0 Å². The maximum atomic E-state index is 14.0. The van der Waals surface area contributed by atoms with Gasteiger partial charge < -0.3 is 14.7 Å². The molecule has 3 aliphatic rings. The Bertz CT molecular complexity index is 802. The topological polar surface area (TPSA) is 66.8 Å². The van der Waals surface area contributed by atoms with Crippen molar-refractivity contribution < 1.29 is 19.4 Å². The predicted octanol–water partition coefficient (Wildman–Crippen LogP) is 4.06. The molecule has 1 saturated carbocycles. The molecular weight excluding hydrogens is 366 g/mol. The van der Waals surface area contributed by atoms with Crippen molar-refractivity contribution in [3.63, 3.8) is 0 Å². The van der Waals surface area contributed by atoms with Crippen molar-refractivity contribution in [1.82, 2.24) is 4.90 Å². The molecule has 4 rings (SSSR count). The lowest BCUT2D eigenvalue weighted by Crippen LogP contribution is -2.53. The molecule has 1 aromatic carbocycles. The number of carboxylic acid groups (broad SMARTS) is 1. The van der Waals surface area contributed by atoms with Gasteiger partial charge >= 0.3 is 5.97 Å². The number of carbonyl (C=O) groups excluding carboxylic acids is 1. The number of rotatable bonds is 5. The van der Waals surface area contributed by atoms with E-state index in [4.69, 9.17) is 4.74 Å². The zero-order chi connectivity index (χ0) is 20.8. The van der Waals surface area contributed by atoms with E-state index in [1.54, 1.807) is 0 Å². The smallest absolute Gasteiger partial charge is 0.307 e. The fourth-order valence-corrected chi connectivity index (χ4v) is 5.68. The Hall–Kier alpha value is -2.14. The fraction of sp³-hybridized carbons (Fsp3) is 0.583. The number of hydrogen-bond donors (Lipinski definition) is 1. The number of benzene rings is 1. The molecule has 6 atom stereocenters. The van der Waals surface area contributed by atoms with Crippen molar-refractivity contribution in [2.75, 3.05) is 6.61 Å². The molecule has 1 aliphatic heterocycles. The molecule has 2 aliphatic carbocycles. The molecule has 0 aromatic heterocycles. The van der Waals surface area contributed by atoms with Crippen LogP contribution in [0.5, 0.6) is 0 Å². The molecule has 5 nitrogen and oxygen atoms in total. The van der Waals surface area contributed by atoms with Gasteiger partial charge in [0.15, 0.2) is 0 Å². The number of nitrogens with zero attached hydrogens (tertiary/aromatic N) is 1. The van der Waals surface area contributed by atoms with E-state index < -0.39 is 17.8 Å². The van der Waals surface area contributed by atoms with Crippen LogP contribution in [0.25, 0.3) is 0 Å². The normalized spacial score (nSPS) is 33.4. The van der Waals surface area contributed by atoms with Gasteiger partial charge in [0, 0.05) is 12.6 Å². The second-order valence-corrected chi connectivity index (χ2v) is 9.43. The third-order valence-corrected chi connectivity index (χ3v) is 7.05. The highest BCUT2D eigenvalue weighted by Gasteiger charge is 2.54. The molecule has 1 N–H and O–H groups in total. The molecular formula is C24H31NO4. The highest BCUT2D eigenvalue weighted by atomic mass is 16.5. The molecule has 0 unspecified atom stereocenters. The van der Waals surface area contributed by atoms with Gasteiger partial charge in [0.25, 0.3) is 0 Å². The number of amides is 1. The summed E-state index contributed by atoms with van der Waals surface area (Å²) in [5, 5.41) is 9.86. The highest BCUT2D eigenvalue weighted by molar-refractivity contribution is 5.87. The number of fused-ring (bicyclic) bond motifs is 2. The Morgan fingerprint density at radius 3 is 2.41 bits per heavy atom. The van der Waals surface area contributed by atoms with E-state index in [1.807, 2.05) is 41.3 Å². The Labute approximate surface area is 172 Å². The molecule has 0 spiro atoms. The van der Waals surface area contributed by atoms with Crippen molar-refractivity contribution in [2.24, 2.45) is 23.7 Å². The fourth-order valence-electron chi connectivity index (χ4n) is 5.68. The van der Waals surface area contributed by atoms with Crippen molar-refractivity contribution in [2.45, 2.75) is 57.7 Å². The summed E-state index contributed by atoms with van der Waals surface area (Å²) in [6.07, 6.45) is 6.37. The minimum Gasteiger partial charge on any atom is -0.481 e. The van der Waals surface area contributed by atoms with Crippen molar-refractivity contribution in [3.8, 4) is 0 Å². The predicted molar refractivity (Wildman–Crippen MR) is 110 cm³/mol. The number of ether oxygens (including phenoxy) is 1. The lowest BCUT2D eigenvalue weighted by Gasteiger charge is -2.45. The molecule has 156 valence electrons. The average Bonchev–Trinajstić information content (AvgIpc) is 3.29. The first-order valence-electron chi connectivity index (χ1n) is 10.7. The second-order valence-electron chi connectivity index (χ2n) is 9.43. The summed E-state index contributed by atoms with van der Waals surface area (Å²) < 4.78 is 5.90. The number of carbonyl (C=O) groups is 2. The van der Waals surface area contributed by atoms with Crippen molar-refractivity contribution in [3.05, 3.63) is 48.0 Å². The first-order valence-corrected chi connectivity index (χ1v) is 10.7. The number of carboxylic acids is 1. The Morgan fingerprint density at radius 2 is 1.79 bits per heavy atom. The summed E-state index contributed by atoms with van der Waals surface area (Å²) in [6, 6.07) is 9.97. The number of aliphatic carboxylic acids is 1. The molecule has 1 amide bonds. The van der Waals surface area contributed by atoms with Gasteiger partial charge in [0.05, 0.1) is 23.5 Å². The summed E-state index contributed by atoms with van der Waals surface area (Å²) in [5.41, 5.74) is 0.786. The van der Waals surface area contributed by atoms with Gasteiger partial charge in [-0.1, -0.05) is 42.5 Å². The number of allylic oxidation sites excluding steroid dienone is 2. The van der Waals surface area contributed by atoms with Crippen LogP contribution < -0.4 is 0 Å². The Balaban J connectivity index is 1.69. The minimum atomic E-state index is -0.847. The Morgan fingerprint density at radius 1 is 1.14 bits per heavy atom. The maximum absolute atomic E-state index is 14.0. The van der Waals surface area contributed by atoms with Crippen LogP contribution in [0.15, 0.2) is 42.5 Å². The van der Waals surface area contributed by atoms with Crippen LogP contribution in [0.2, 0.25) is 0 Å². The SMILES string of the molecule is C[C@H](c1ccccc1)N(C(=O)[C@@H]1[C@H](C(=O)O)[C@H]2C=C[C@@H]1C2)[C@@H]1CCOC(C)(C)C1. The van der Waals surface area contributed by atoms with E-state index in [0.29, 0.717) is 6.61 Å². The molecule has 5 heteroatoms. The molecule has 0 radical (unpaired) electrons. The van der Waals surface area contributed by atoms with Gasteiger partial charge in [-0.15, -0.1) is 0 Å². The van der Waals surface area contributed by atoms with E-state index in [-0.39, 0.29) is 35.4 Å². The van der Waals surface area contributed by atoms with Gasteiger partial charge in [-0.25, -0.2) is 0 Å². The molecule has 2 bridgehead atoms. The van der Waals surface area contributed by atoms with E-state index in [1.165, 1.54) is 0 Å². The van der Waals surface area contributed by atoms with Gasteiger partial charge in [-0.05, 0) is 57.4 Å². The second kappa shape index (κ2) is 7.60. The van der Waals surface area contributed by atoms with Crippen LogP contribution in [0, 0.1) is 23.7 Å². The summed E-state index contributed by atoms with van der Waals surface area (Å²) >= 11 is 0. The van der Waals surface area contributed by atoms with Crippen molar-refractivity contribution in [1.29, 1.82) is 0 Å². The summed E-state index contributed by atoms with van der Waals surface area (Å²) in [4.78, 5) is 28.0. The molecule has 1 aromatic rings. The Kier molecular flexibility index (Phi) is 5.28. The van der Waals surface area contributed by atoms with E-state index in [2.05, 4.69) is 26.8 Å². The van der Waals surface area contributed by atoms with Crippen LogP contribution in [0.4, 0.5) is 0 Å². The lowest BCUT2D eigenvalue weighted by molar-refractivity contribution is -0.157. The lowest BCUT2D eigenvalue weighted by atomic mass is 9.80. The minimum absolute atomic E-state index is 0.00620. The number of hydrogen-bond acceptors (Lipinski definition) is 3. The highest BCUT2D eigenvalue weighted by Crippen LogP contribution is 2.50. The van der Waals surface area contributed by atoms with Crippen molar-refractivity contribution >= 4 is 11.9 Å². The zero-order valence-corrected chi connectivity index (χ0v) is 17.5. The van der Waals surface area contributed by atoms with Gasteiger partial charge in [0.1, 0.15) is 0 Å². The van der Waals surface area contributed by atoms with Crippen LogP contribution >= 0.6 is 0 Å². The molecule has 1 heterocycles. The molecule has 29 heavy (non-hydrogen) atoms. The van der Waals surface area contributed by atoms with E-state index >= 15 is 0 Å². The van der Waals surface area contributed by atoms with Gasteiger partial charge in [-0.2, -0.15) is 0 Å². The van der Waals surface area contributed by atoms with Gasteiger partial charge in [0.2, 0.25) is 5.91 Å². The molecule has 2 fully saturated rings. The van der Waals surface area contributed by atoms with E-state index in [9.17, 15) is 14.7 Å². The van der Waals surface area contributed by atoms with E-state index in [0.717, 1.165) is 24.8 Å². The van der Waals surface area contributed by atoms with Crippen LogP contribution in [-0.2, 0) is 14.3 Å². The standard InChI is InChI=1S/C24H31NO4/c1-15(16-7-5-4-6-8-16)25(19-11-12-29-24(2,3)14-19)22(26)20-17-9-10-18(13-17)21(20)23(27)28/h4-10,15,17-21H,11-14H2,1-3H3,(H,27,28)/t15-,17-,18+,19-,20+,21-/m1/s1.